The number of rotatable bonds is 4. The second-order valence-electron chi connectivity index (χ2n) is 5.05. The highest BCUT2D eigenvalue weighted by Gasteiger charge is 2.18. The zero-order valence-electron chi connectivity index (χ0n) is 11.9. The highest BCUT2D eigenvalue weighted by atomic mass is 79.9. The number of hydrogen-bond acceptors (Lipinski definition) is 5. The molecule has 0 N–H and O–H groups in total. The minimum atomic E-state index is -0.261. The molecular weight excluding hydrogens is 350 g/mol. The van der Waals surface area contributed by atoms with E-state index in [0.29, 0.717) is 19.0 Å². The van der Waals surface area contributed by atoms with Gasteiger partial charge in [-0.25, -0.2) is 4.68 Å². The molecule has 22 heavy (non-hydrogen) atoms. The second-order valence-corrected chi connectivity index (χ2v) is 5.97. The second kappa shape index (κ2) is 7.02. The van der Waals surface area contributed by atoms with E-state index in [-0.39, 0.29) is 11.8 Å². The quantitative estimate of drug-likeness (QED) is 0.833. The zero-order valence-corrected chi connectivity index (χ0v) is 13.5. The maximum Gasteiger partial charge on any atom is 0.272 e. The molecule has 1 aliphatic heterocycles. The zero-order chi connectivity index (χ0) is 15.4. The van der Waals surface area contributed by atoms with Crippen molar-refractivity contribution in [2.45, 2.75) is 32.1 Å². The van der Waals surface area contributed by atoms with E-state index in [9.17, 15) is 4.79 Å². The van der Waals surface area contributed by atoms with Crippen LogP contribution in [0.1, 0.15) is 31.2 Å². The van der Waals surface area contributed by atoms with Gasteiger partial charge in [0.1, 0.15) is 12.4 Å². The van der Waals surface area contributed by atoms with Crippen LogP contribution < -0.4 is 10.3 Å². The molecular formula is C15H16BrN3O3. The van der Waals surface area contributed by atoms with Crippen molar-refractivity contribution in [1.82, 2.24) is 14.8 Å². The van der Waals surface area contributed by atoms with Crippen LogP contribution in [0.4, 0.5) is 0 Å². The first-order valence-electron chi connectivity index (χ1n) is 7.16. The van der Waals surface area contributed by atoms with Crippen LogP contribution in [-0.2, 0) is 11.3 Å². The Hall–Kier alpha value is -1.73. The number of hydrogen-bond donors (Lipinski definition) is 0. The van der Waals surface area contributed by atoms with Crippen molar-refractivity contribution >= 4 is 15.9 Å². The fourth-order valence-electron chi connectivity index (χ4n) is 2.26. The molecule has 0 radical (unpaired) electrons. The Labute approximate surface area is 136 Å². The SMILES string of the molecule is O=c1cc(OCc2ccc(Br)cn2)cnn1C1CCCCO1. The first-order chi connectivity index (χ1) is 10.7. The maximum absolute atomic E-state index is 12.1. The molecule has 3 rings (SSSR count). The molecule has 116 valence electrons. The third kappa shape index (κ3) is 3.72. The molecule has 3 heterocycles. The Kier molecular flexibility index (Phi) is 4.84. The van der Waals surface area contributed by atoms with Crippen LogP contribution in [0, 0.1) is 0 Å². The van der Waals surface area contributed by atoms with E-state index < -0.39 is 0 Å². The number of nitrogens with zero attached hydrogens (tertiary/aromatic N) is 3. The first kappa shape index (κ1) is 15.2. The van der Waals surface area contributed by atoms with Crippen LogP contribution in [0.2, 0.25) is 0 Å². The lowest BCUT2D eigenvalue weighted by atomic mass is 10.2. The third-order valence-electron chi connectivity index (χ3n) is 3.40. The fraction of sp³-hybridized carbons (Fsp3) is 0.400. The van der Waals surface area contributed by atoms with E-state index in [1.807, 2.05) is 12.1 Å². The summed E-state index contributed by atoms with van der Waals surface area (Å²) in [5.41, 5.74) is 0.566. The van der Waals surface area contributed by atoms with Crippen molar-refractivity contribution in [1.29, 1.82) is 0 Å². The predicted octanol–water partition coefficient (Wildman–Crippen LogP) is 2.68. The molecule has 1 fully saturated rings. The van der Waals surface area contributed by atoms with Gasteiger partial charge in [0.05, 0.1) is 11.9 Å². The van der Waals surface area contributed by atoms with Gasteiger partial charge in [0.15, 0.2) is 6.23 Å². The molecule has 0 spiro atoms. The smallest absolute Gasteiger partial charge is 0.272 e. The summed E-state index contributed by atoms with van der Waals surface area (Å²) in [5, 5.41) is 4.15. The standard InChI is InChI=1S/C15H16BrN3O3/c16-11-4-5-12(17-8-11)10-22-13-7-14(20)19(18-9-13)15-3-1-2-6-21-15/h4-5,7-9,15H,1-3,6,10H2. The third-order valence-corrected chi connectivity index (χ3v) is 3.87. The van der Waals surface area contributed by atoms with Gasteiger partial charge in [-0.3, -0.25) is 9.78 Å². The Morgan fingerprint density at radius 1 is 1.36 bits per heavy atom. The van der Waals surface area contributed by atoms with Crippen molar-refractivity contribution < 1.29 is 9.47 Å². The first-order valence-corrected chi connectivity index (χ1v) is 7.95. The van der Waals surface area contributed by atoms with Gasteiger partial charge in [-0.05, 0) is 47.3 Å². The summed E-state index contributed by atoms with van der Waals surface area (Å²) in [7, 11) is 0. The van der Waals surface area contributed by atoms with Crippen molar-refractivity contribution in [3.05, 3.63) is 51.1 Å². The number of ether oxygens (including phenoxy) is 2. The van der Waals surface area contributed by atoms with E-state index in [0.717, 1.165) is 29.4 Å². The maximum atomic E-state index is 12.1. The molecule has 0 amide bonds. The Bertz CT molecular complexity index is 681. The van der Waals surface area contributed by atoms with Gasteiger partial charge in [-0.1, -0.05) is 0 Å². The van der Waals surface area contributed by atoms with Crippen LogP contribution in [0.15, 0.2) is 39.9 Å². The molecule has 0 aromatic carbocycles. The van der Waals surface area contributed by atoms with Gasteiger partial charge in [-0.2, -0.15) is 5.10 Å². The molecule has 1 aliphatic rings. The Balaban J connectivity index is 1.66. The lowest BCUT2D eigenvalue weighted by Gasteiger charge is -2.23. The fourth-order valence-corrected chi connectivity index (χ4v) is 2.50. The number of pyridine rings is 1. The molecule has 1 saturated heterocycles. The van der Waals surface area contributed by atoms with Crippen LogP contribution in [-0.4, -0.2) is 21.4 Å². The molecule has 2 aromatic heterocycles. The lowest BCUT2D eigenvalue weighted by Crippen LogP contribution is -2.30. The van der Waals surface area contributed by atoms with E-state index in [1.54, 1.807) is 6.20 Å². The molecule has 1 atom stereocenters. The highest BCUT2D eigenvalue weighted by molar-refractivity contribution is 9.10. The van der Waals surface area contributed by atoms with E-state index in [4.69, 9.17) is 9.47 Å². The summed E-state index contributed by atoms with van der Waals surface area (Å²) in [6.07, 6.45) is 5.88. The summed E-state index contributed by atoms with van der Waals surface area (Å²) in [4.78, 5) is 16.3. The summed E-state index contributed by atoms with van der Waals surface area (Å²) in [6.45, 7) is 0.963. The summed E-state index contributed by atoms with van der Waals surface area (Å²) >= 11 is 3.33. The largest absolute Gasteiger partial charge is 0.485 e. The molecule has 1 unspecified atom stereocenters. The molecule has 2 aromatic rings. The van der Waals surface area contributed by atoms with Crippen molar-refractivity contribution in [3.63, 3.8) is 0 Å². The molecule has 0 saturated carbocycles. The van der Waals surface area contributed by atoms with Gasteiger partial charge in [-0.15, -0.1) is 0 Å². The summed E-state index contributed by atoms with van der Waals surface area (Å²) in [5.74, 6) is 0.432. The average molecular weight is 366 g/mol. The normalized spacial score (nSPS) is 18.1. The van der Waals surface area contributed by atoms with Gasteiger partial charge in [0.25, 0.3) is 5.56 Å². The van der Waals surface area contributed by atoms with Crippen molar-refractivity contribution in [3.8, 4) is 5.75 Å². The lowest BCUT2D eigenvalue weighted by molar-refractivity contribution is -0.0426. The Morgan fingerprint density at radius 3 is 2.95 bits per heavy atom. The van der Waals surface area contributed by atoms with E-state index in [2.05, 4.69) is 26.0 Å². The van der Waals surface area contributed by atoms with Gasteiger partial charge in [0, 0.05) is 23.3 Å². The minimum absolute atomic E-state index is 0.215. The number of halogens is 1. The van der Waals surface area contributed by atoms with Crippen LogP contribution in [0.5, 0.6) is 5.75 Å². The van der Waals surface area contributed by atoms with Crippen LogP contribution >= 0.6 is 15.9 Å². The van der Waals surface area contributed by atoms with E-state index in [1.165, 1.54) is 16.9 Å². The van der Waals surface area contributed by atoms with Gasteiger partial charge in [0.2, 0.25) is 0 Å². The summed E-state index contributed by atoms with van der Waals surface area (Å²) < 4.78 is 13.4. The average Bonchev–Trinajstić information content (AvgIpc) is 2.55. The topological polar surface area (TPSA) is 66.2 Å². The van der Waals surface area contributed by atoms with Crippen LogP contribution in [0.25, 0.3) is 0 Å². The molecule has 0 bridgehead atoms. The molecule has 6 nitrogen and oxygen atoms in total. The monoisotopic (exact) mass is 365 g/mol. The Morgan fingerprint density at radius 2 is 2.27 bits per heavy atom. The number of aromatic nitrogens is 3. The highest BCUT2D eigenvalue weighted by Crippen LogP contribution is 2.20. The van der Waals surface area contributed by atoms with E-state index >= 15 is 0 Å². The molecule has 0 aliphatic carbocycles. The van der Waals surface area contributed by atoms with Gasteiger partial charge < -0.3 is 9.47 Å². The minimum Gasteiger partial charge on any atom is -0.485 e. The molecule has 7 heteroatoms. The van der Waals surface area contributed by atoms with Gasteiger partial charge >= 0.3 is 0 Å². The summed E-state index contributed by atoms with van der Waals surface area (Å²) in [6, 6.07) is 5.18. The predicted molar refractivity (Wildman–Crippen MR) is 83.6 cm³/mol. The van der Waals surface area contributed by atoms with Crippen molar-refractivity contribution in [2.75, 3.05) is 6.61 Å². The van der Waals surface area contributed by atoms with Crippen molar-refractivity contribution in [2.24, 2.45) is 0 Å². The van der Waals surface area contributed by atoms with Crippen LogP contribution in [0.3, 0.4) is 0 Å².